The van der Waals surface area contributed by atoms with Crippen LogP contribution in [0.2, 0.25) is 0 Å². The Labute approximate surface area is 83.2 Å². The SMILES string of the molecule is [O-][NH+](O)c1cc([NH+]([O-])O)cc([NH+]([O-])O)c1. The van der Waals surface area contributed by atoms with Gasteiger partial charge < -0.3 is 15.6 Å². The van der Waals surface area contributed by atoms with Crippen molar-refractivity contribution in [2.24, 2.45) is 0 Å². The predicted molar refractivity (Wildman–Crippen MR) is 43.8 cm³/mol. The van der Waals surface area contributed by atoms with E-state index in [1.165, 1.54) is 0 Å². The van der Waals surface area contributed by atoms with Gasteiger partial charge in [0.1, 0.15) is 0 Å². The van der Waals surface area contributed by atoms with Gasteiger partial charge in [-0.1, -0.05) is 0 Å². The Morgan fingerprint density at radius 3 is 1.00 bits per heavy atom. The second-order valence-corrected chi connectivity index (χ2v) is 2.71. The summed E-state index contributed by atoms with van der Waals surface area (Å²) in [5.74, 6) is 0. The normalized spacial score (nSPS) is 17.2. The van der Waals surface area contributed by atoms with Crippen molar-refractivity contribution in [2.75, 3.05) is 0 Å². The fourth-order valence-electron chi connectivity index (χ4n) is 0.998. The van der Waals surface area contributed by atoms with Gasteiger partial charge in [0.05, 0.1) is 18.2 Å². The first-order valence-electron chi connectivity index (χ1n) is 3.77. The first-order chi connectivity index (χ1) is 6.91. The van der Waals surface area contributed by atoms with Crippen LogP contribution in [0.5, 0.6) is 0 Å². The molecule has 0 aliphatic rings. The van der Waals surface area contributed by atoms with Crippen molar-refractivity contribution < 1.29 is 31.3 Å². The van der Waals surface area contributed by atoms with Gasteiger partial charge in [0, 0.05) is 0 Å². The van der Waals surface area contributed by atoms with Crippen LogP contribution in [-0.2, 0) is 0 Å². The highest BCUT2D eigenvalue weighted by molar-refractivity contribution is 5.51. The lowest BCUT2D eigenvalue weighted by atomic mass is 10.2. The van der Waals surface area contributed by atoms with Crippen LogP contribution in [-0.4, -0.2) is 15.6 Å². The zero-order chi connectivity index (χ0) is 11.6. The molecule has 0 aromatic heterocycles. The summed E-state index contributed by atoms with van der Waals surface area (Å²) in [6.45, 7) is 0. The van der Waals surface area contributed by atoms with Gasteiger partial charge in [-0.15, -0.1) is 0 Å². The molecule has 0 heterocycles. The second-order valence-electron chi connectivity index (χ2n) is 2.71. The highest BCUT2D eigenvalue weighted by atomic mass is 16.8. The zero-order valence-corrected chi connectivity index (χ0v) is 7.30. The molecule has 0 fully saturated rings. The molecule has 0 spiro atoms. The highest BCUT2D eigenvalue weighted by Crippen LogP contribution is 2.14. The molecular weight excluding hydrogens is 210 g/mol. The van der Waals surface area contributed by atoms with Crippen molar-refractivity contribution in [1.29, 1.82) is 0 Å². The number of quaternary nitrogens is 3. The second kappa shape index (κ2) is 4.59. The third-order valence-corrected chi connectivity index (χ3v) is 1.67. The number of hydrogen-bond acceptors (Lipinski definition) is 6. The summed E-state index contributed by atoms with van der Waals surface area (Å²) in [5, 5.41) is 53.4. The molecule has 0 aliphatic heterocycles. The Morgan fingerprint density at radius 1 is 0.667 bits per heavy atom. The number of benzene rings is 1. The molecule has 1 aromatic rings. The molecule has 0 saturated carbocycles. The Kier molecular flexibility index (Phi) is 3.65. The molecule has 1 rings (SSSR count). The van der Waals surface area contributed by atoms with Crippen LogP contribution in [0.4, 0.5) is 17.1 Å². The highest BCUT2D eigenvalue weighted by Gasteiger charge is 2.13. The topological polar surface area (TPSA) is 143 Å². The molecule has 0 aliphatic carbocycles. The minimum Gasteiger partial charge on any atom is -0.595 e. The van der Waals surface area contributed by atoms with Crippen LogP contribution in [0.3, 0.4) is 0 Å². The summed E-state index contributed by atoms with van der Waals surface area (Å²) >= 11 is 0. The van der Waals surface area contributed by atoms with Crippen molar-refractivity contribution in [2.45, 2.75) is 0 Å². The van der Waals surface area contributed by atoms with E-state index in [0.29, 0.717) is 0 Å². The van der Waals surface area contributed by atoms with Crippen LogP contribution < -0.4 is 15.7 Å². The molecule has 3 unspecified atom stereocenters. The molecule has 0 amide bonds. The number of rotatable bonds is 3. The van der Waals surface area contributed by atoms with E-state index in [1.54, 1.807) is 0 Å². The monoisotopic (exact) mass is 219 g/mol. The molecule has 0 radical (unpaired) electrons. The standard InChI is InChI=1S/C6H9N3O6/c10-7(11)4-1-5(8(12)13)3-6(2-4)9(14)15/h1-3,7-10,12,14H. The van der Waals surface area contributed by atoms with Crippen molar-refractivity contribution in [1.82, 2.24) is 0 Å². The largest absolute Gasteiger partial charge is 0.595 e. The lowest BCUT2D eigenvalue weighted by Crippen LogP contribution is -3.02. The minimum atomic E-state index is -1.37. The average molecular weight is 219 g/mol. The van der Waals surface area contributed by atoms with E-state index in [-0.39, 0.29) is 17.1 Å². The van der Waals surface area contributed by atoms with Crippen molar-refractivity contribution in [3.63, 3.8) is 0 Å². The van der Waals surface area contributed by atoms with Crippen molar-refractivity contribution in [3.8, 4) is 0 Å². The average Bonchev–Trinajstić information content (AvgIpc) is 2.16. The fraction of sp³-hybridized carbons (Fsp3) is 0. The molecule has 9 nitrogen and oxygen atoms in total. The first-order valence-corrected chi connectivity index (χ1v) is 3.77. The molecule has 84 valence electrons. The third kappa shape index (κ3) is 2.90. The smallest absolute Gasteiger partial charge is 0.176 e. The molecule has 15 heavy (non-hydrogen) atoms. The number of nitrogens with one attached hydrogen (secondary N) is 3. The summed E-state index contributed by atoms with van der Waals surface area (Å²) in [7, 11) is 0. The molecule has 1 aromatic carbocycles. The van der Waals surface area contributed by atoms with Crippen LogP contribution in [0, 0.1) is 15.6 Å². The summed E-state index contributed by atoms with van der Waals surface area (Å²) in [6, 6.07) is 2.70. The quantitative estimate of drug-likeness (QED) is 0.297. The van der Waals surface area contributed by atoms with Crippen LogP contribution in [0.25, 0.3) is 0 Å². The lowest BCUT2D eigenvalue weighted by Gasteiger charge is -2.18. The van der Waals surface area contributed by atoms with Gasteiger partial charge in [-0.2, -0.15) is 15.7 Å². The molecule has 0 bridgehead atoms. The maximum absolute atomic E-state index is 10.6. The van der Waals surface area contributed by atoms with Gasteiger partial charge in [-0.25, -0.2) is 15.6 Å². The molecule has 0 saturated heterocycles. The van der Waals surface area contributed by atoms with Gasteiger partial charge in [0.2, 0.25) is 0 Å². The van der Waals surface area contributed by atoms with Crippen LogP contribution in [0.15, 0.2) is 18.2 Å². The Bertz CT molecular complexity index is 277. The van der Waals surface area contributed by atoms with E-state index in [0.717, 1.165) is 18.2 Å². The summed E-state index contributed by atoms with van der Waals surface area (Å²) < 4.78 is 0. The van der Waals surface area contributed by atoms with E-state index in [1.807, 2.05) is 0 Å². The molecule has 9 heteroatoms. The van der Waals surface area contributed by atoms with E-state index < -0.39 is 15.7 Å². The Hall–Kier alpha value is -1.14. The van der Waals surface area contributed by atoms with Crippen molar-refractivity contribution in [3.05, 3.63) is 33.8 Å². The van der Waals surface area contributed by atoms with Crippen LogP contribution in [0.1, 0.15) is 0 Å². The van der Waals surface area contributed by atoms with E-state index in [2.05, 4.69) is 0 Å². The van der Waals surface area contributed by atoms with Gasteiger partial charge >= 0.3 is 0 Å². The minimum absolute atomic E-state index is 0.368. The van der Waals surface area contributed by atoms with Crippen molar-refractivity contribution >= 4 is 17.1 Å². The maximum atomic E-state index is 10.6. The Balaban J connectivity index is 3.20. The summed E-state index contributed by atoms with van der Waals surface area (Å²) in [6.07, 6.45) is 0. The predicted octanol–water partition coefficient (Wildman–Crippen LogP) is -3.10. The van der Waals surface area contributed by atoms with Gasteiger partial charge in [0.25, 0.3) is 0 Å². The van der Waals surface area contributed by atoms with Gasteiger partial charge in [-0.05, 0) is 0 Å². The zero-order valence-electron chi connectivity index (χ0n) is 7.30. The van der Waals surface area contributed by atoms with Crippen LogP contribution >= 0.6 is 0 Å². The van der Waals surface area contributed by atoms with E-state index >= 15 is 0 Å². The fourth-order valence-corrected chi connectivity index (χ4v) is 0.998. The molecule has 3 atom stereocenters. The Morgan fingerprint density at radius 2 is 0.867 bits per heavy atom. The first kappa shape index (κ1) is 11.9. The number of hydrogen-bond donors (Lipinski definition) is 6. The maximum Gasteiger partial charge on any atom is 0.176 e. The summed E-state index contributed by atoms with van der Waals surface area (Å²) in [4.78, 5) is 0. The third-order valence-electron chi connectivity index (χ3n) is 1.67. The van der Waals surface area contributed by atoms with E-state index in [9.17, 15) is 15.6 Å². The summed E-state index contributed by atoms with van der Waals surface area (Å²) in [5.41, 5.74) is -1.10. The van der Waals surface area contributed by atoms with Gasteiger partial charge in [0.15, 0.2) is 17.1 Å². The van der Waals surface area contributed by atoms with E-state index in [4.69, 9.17) is 15.6 Å². The molecule has 6 N–H and O–H groups in total. The lowest BCUT2D eigenvalue weighted by molar-refractivity contribution is -1.00. The van der Waals surface area contributed by atoms with Gasteiger partial charge in [-0.3, -0.25) is 0 Å². The molecular formula is C6H9N3O6.